The molecule has 0 saturated heterocycles. The van der Waals surface area contributed by atoms with Crippen LogP contribution >= 0.6 is 0 Å². The van der Waals surface area contributed by atoms with Crippen LogP contribution in [-0.2, 0) is 6.42 Å². The molecule has 0 aromatic heterocycles. The summed E-state index contributed by atoms with van der Waals surface area (Å²) < 4.78 is 5.21. The molecule has 22 heavy (non-hydrogen) atoms. The molecule has 5 nitrogen and oxygen atoms in total. The van der Waals surface area contributed by atoms with Crippen molar-refractivity contribution in [2.75, 3.05) is 13.7 Å². The average molecular weight is 308 g/mol. The smallest absolute Gasteiger partial charge is 0.317 e. The van der Waals surface area contributed by atoms with Crippen molar-refractivity contribution in [3.63, 3.8) is 0 Å². The Balaban J connectivity index is 2.62. The first-order chi connectivity index (χ1) is 10.3. The summed E-state index contributed by atoms with van der Waals surface area (Å²) in [5.74, 6) is 0.814. The van der Waals surface area contributed by atoms with Crippen LogP contribution in [0.2, 0.25) is 0 Å². The lowest BCUT2D eigenvalue weighted by molar-refractivity contribution is 0.117. The van der Waals surface area contributed by atoms with Gasteiger partial charge in [-0.05, 0) is 51.8 Å². The second kappa shape index (κ2) is 8.63. The molecule has 124 valence electrons. The maximum atomic E-state index is 12.3. The minimum Gasteiger partial charge on any atom is -0.497 e. The fraction of sp³-hybridized carbons (Fsp3) is 0.588. The largest absolute Gasteiger partial charge is 0.497 e. The molecule has 2 unspecified atom stereocenters. The van der Waals surface area contributed by atoms with Gasteiger partial charge >= 0.3 is 6.03 Å². The van der Waals surface area contributed by atoms with Crippen LogP contribution in [0.5, 0.6) is 5.75 Å². The number of hydrogen-bond donors (Lipinski definition) is 2. The summed E-state index contributed by atoms with van der Waals surface area (Å²) in [7, 11) is 1.64. The maximum Gasteiger partial charge on any atom is 0.317 e. The molecule has 0 aliphatic rings. The Labute approximate surface area is 133 Å². The molecule has 5 heteroatoms. The van der Waals surface area contributed by atoms with E-state index in [1.54, 1.807) is 18.9 Å². The Morgan fingerprint density at radius 3 is 2.55 bits per heavy atom. The highest BCUT2D eigenvalue weighted by atomic mass is 16.5. The number of aliphatic hydroxyl groups is 1. The number of nitrogens with one attached hydrogen (secondary N) is 1. The number of amides is 2. The fourth-order valence-electron chi connectivity index (χ4n) is 2.31. The number of nitrogens with zero attached hydrogens (tertiary/aromatic N) is 1. The number of benzene rings is 1. The molecule has 2 atom stereocenters. The Morgan fingerprint density at radius 1 is 1.32 bits per heavy atom. The first-order valence-electron chi connectivity index (χ1n) is 7.71. The second-order valence-electron chi connectivity index (χ2n) is 6.00. The van der Waals surface area contributed by atoms with Crippen LogP contribution in [0.1, 0.15) is 33.3 Å². The zero-order valence-electron chi connectivity index (χ0n) is 14.2. The minimum absolute atomic E-state index is 0.00476. The van der Waals surface area contributed by atoms with E-state index in [0.29, 0.717) is 6.54 Å². The van der Waals surface area contributed by atoms with Gasteiger partial charge in [0, 0.05) is 18.6 Å². The van der Waals surface area contributed by atoms with Crippen LogP contribution in [0.15, 0.2) is 24.3 Å². The molecule has 0 heterocycles. The molecule has 0 bridgehead atoms. The van der Waals surface area contributed by atoms with E-state index in [-0.39, 0.29) is 18.1 Å². The number of carbonyl (C=O) groups excluding carboxylic acids is 1. The van der Waals surface area contributed by atoms with Crippen LogP contribution in [0.4, 0.5) is 4.79 Å². The first-order valence-corrected chi connectivity index (χ1v) is 7.71. The molecule has 1 aromatic rings. The summed E-state index contributed by atoms with van der Waals surface area (Å²) in [5.41, 5.74) is 1.11. The van der Waals surface area contributed by atoms with Gasteiger partial charge in [-0.3, -0.25) is 0 Å². The number of ether oxygens (including phenoxy) is 1. The lowest BCUT2D eigenvalue weighted by atomic mass is 10.1. The van der Waals surface area contributed by atoms with E-state index in [2.05, 4.69) is 5.32 Å². The summed E-state index contributed by atoms with van der Waals surface area (Å²) in [6, 6.07) is 7.71. The van der Waals surface area contributed by atoms with Crippen LogP contribution in [0, 0.1) is 0 Å². The van der Waals surface area contributed by atoms with Gasteiger partial charge in [-0.2, -0.15) is 0 Å². The zero-order chi connectivity index (χ0) is 16.7. The molecular weight excluding hydrogens is 280 g/mol. The molecule has 0 fully saturated rings. The molecular formula is C17H28N2O3. The Morgan fingerprint density at radius 2 is 2.00 bits per heavy atom. The lowest BCUT2D eigenvalue weighted by Crippen LogP contribution is -2.49. The van der Waals surface area contributed by atoms with Crippen molar-refractivity contribution in [1.82, 2.24) is 10.2 Å². The Bertz CT molecular complexity index is 475. The number of urea groups is 1. The van der Waals surface area contributed by atoms with Crippen molar-refractivity contribution in [2.45, 2.75) is 52.3 Å². The van der Waals surface area contributed by atoms with Gasteiger partial charge in [-0.1, -0.05) is 12.1 Å². The third-order valence-electron chi connectivity index (χ3n) is 3.39. The molecule has 0 spiro atoms. The number of rotatable bonds is 7. The van der Waals surface area contributed by atoms with Crippen LogP contribution in [-0.4, -0.2) is 47.9 Å². The van der Waals surface area contributed by atoms with E-state index in [4.69, 9.17) is 4.74 Å². The summed E-state index contributed by atoms with van der Waals surface area (Å²) in [5, 5.41) is 12.5. The van der Waals surface area contributed by atoms with Crippen LogP contribution in [0.25, 0.3) is 0 Å². The van der Waals surface area contributed by atoms with Crippen molar-refractivity contribution < 1.29 is 14.6 Å². The van der Waals surface area contributed by atoms with E-state index in [1.807, 2.05) is 45.0 Å². The van der Waals surface area contributed by atoms with Crippen molar-refractivity contribution >= 4 is 6.03 Å². The Hall–Kier alpha value is -1.75. The highest BCUT2D eigenvalue weighted by Crippen LogP contribution is 2.14. The number of aliphatic hydroxyl groups excluding tert-OH is 1. The van der Waals surface area contributed by atoms with E-state index in [1.165, 1.54) is 0 Å². The van der Waals surface area contributed by atoms with Crippen molar-refractivity contribution in [2.24, 2.45) is 0 Å². The summed E-state index contributed by atoms with van der Waals surface area (Å²) in [6.45, 7) is 7.86. The van der Waals surface area contributed by atoms with Gasteiger partial charge in [0.25, 0.3) is 0 Å². The number of carbonyl (C=O) groups is 1. The normalized spacial score (nSPS) is 13.6. The SMILES string of the molecule is COc1cccc(CC(C)NC(=O)N(CC(C)O)C(C)C)c1. The van der Waals surface area contributed by atoms with E-state index in [0.717, 1.165) is 17.7 Å². The molecule has 0 radical (unpaired) electrons. The average Bonchev–Trinajstić information content (AvgIpc) is 2.44. The molecule has 2 amide bonds. The predicted molar refractivity (Wildman–Crippen MR) is 88.2 cm³/mol. The minimum atomic E-state index is -0.540. The van der Waals surface area contributed by atoms with Gasteiger partial charge in [0.2, 0.25) is 0 Å². The van der Waals surface area contributed by atoms with Gasteiger partial charge in [0.05, 0.1) is 13.2 Å². The standard InChI is InChI=1S/C17H28N2O3/c1-12(2)19(11-14(4)20)17(21)18-13(3)9-15-7-6-8-16(10-15)22-5/h6-8,10,12-14,20H,9,11H2,1-5H3,(H,18,21). The molecule has 1 rings (SSSR count). The van der Waals surface area contributed by atoms with Crippen molar-refractivity contribution in [3.05, 3.63) is 29.8 Å². The van der Waals surface area contributed by atoms with E-state index < -0.39 is 6.10 Å². The lowest BCUT2D eigenvalue weighted by Gasteiger charge is -2.29. The predicted octanol–water partition coefficient (Wildman–Crippen LogP) is 2.43. The highest BCUT2D eigenvalue weighted by molar-refractivity contribution is 5.74. The summed E-state index contributed by atoms with van der Waals surface area (Å²) >= 11 is 0. The van der Waals surface area contributed by atoms with Crippen molar-refractivity contribution in [1.29, 1.82) is 0 Å². The number of hydrogen-bond acceptors (Lipinski definition) is 3. The third-order valence-corrected chi connectivity index (χ3v) is 3.39. The van der Waals surface area contributed by atoms with Crippen molar-refractivity contribution in [3.8, 4) is 5.75 Å². The molecule has 2 N–H and O–H groups in total. The molecule has 1 aromatic carbocycles. The van der Waals surface area contributed by atoms with Gasteiger partial charge in [0.1, 0.15) is 5.75 Å². The highest BCUT2D eigenvalue weighted by Gasteiger charge is 2.20. The van der Waals surface area contributed by atoms with Gasteiger partial charge < -0.3 is 20.1 Å². The monoisotopic (exact) mass is 308 g/mol. The zero-order valence-corrected chi connectivity index (χ0v) is 14.2. The fourth-order valence-corrected chi connectivity index (χ4v) is 2.31. The van der Waals surface area contributed by atoms with Gasteiger partial charge in [0.15, 0.2) is 0 Å². The third kappa shape index (κ3) is 5.93. The summed E-state index contributed by atoms with van der Waals surface area (Å²) in [6.07, 6.45) is 0.186. The van der Waals surface area contributed by atoms with E-state index in [9.17, 15) is 9.90 Å². The first kappa shape index (κ1) is 18.3. The van der Waals surface area contributed by atoms with Gasteiger partial charge in [-0.25, -0.2) is 4.79 Å². The maximum absolute atomic E-state index is 12.3. The van der Waals surface area contributed by atoms with Crippen LogP contribution < -0.4 is 10.1 Å². The van der Waals surface area contributed by atoms with Crippen LogP contribution in [0.3, 0.4) is 0 Å². The molecule has 0 saturated carbocycles. The quantitative estimate of drug-likeness (QED) is 0.813. The topological polar surface area (TPSA) is 61.8 Å². The summed E-state index contributed by atoms with van der Waals surface area (Å²) in [4.78, 5) is 14.0. The second-order valence-corrected chi connectivity index (χ2v) is 6.00. The number of methoxy groups -OCH3 is 1. The van der Waals surface area contributed by atoms with Gasteiger partial charge in [-0.15, -0.1) is 0 Å². The Kier molecular flexibility index (Phi) is 7.18. The van der Waals surface area contributed by atoms with E-state index >= 15 is 0 Å². The molecule has 0 aliphatic heterocycles. The molecule has 0 aliphatic carbocycles.